The fourth-order valence-corrected chi connectivity index (χ4v) is 3.15. The number of anilines is 2. The smallest absolute Gasteiger partial charge is 0.342 e. The summed E-state index contributed by atoms with van der Waals surface area (Å²) in [4.78, 5) is 15.8. The zero-order chi connectivity index (χ0) is 16.3. The van der Waals surface area contributed by atoms with Crippen LogP contribution in [0, 0.1) is 0 Å². The van der Waals surface area contributed by atoms with Crippen molar-refractivity contribution in [2.24, 2.45) is 4.40 Å². The Hall–Kier alpha value is -2.42. The van der Waals surface area contributed by atoms with E-state index in [1.807, 2.05) is 0 Å². The van der Waals surface area contributed by atoms with E-state index < -0.39 is 10.2 Å². The maximum Gasteiger partial charge on any atom is 0.342 e. The fourth-order valence-electron chi connectivity index (χ4n) is 2.13. The van der Waals surface area contributed by atoms with Gasteiger partial charge < -0.3 is 11.1 Å². The van der Waals surface area contributed by atoms with Crippen molar-refractivity contribution in [2.45, 2.75) is 26.7 Å². The highest BCUT2D eigenvalue weighted by Crippen LogP contribution is 2.19. The van der Waals surface area contributed by atoms with Gasteiger partial charge in [0.2, 0.25) is 5.91 Å². The molecule has 4 N–H and O–H groups in total. The van der Waals surface area contributed by atoms with E-state index in [0.717, 1.165) is 0 Å². The summed E-state index contributed by atoms with van der Waals surface area (Å²) in [5.74, 6) is 0.00986. The molecule has 0 radical (unpaired) electrons. The summed E-state index contributed by atoms with van der Waals surface area (Å²) >= 11 is 0. The van der Waals surface area contributed by atoms with Crippen LogP contribution in [0.3, 0.4) is 0 Å². The molecule has 118 valence electrons. The minimum atomic E-state index is -3.65. The molecule has 0 bridgehead atoms. The number of nitrogens with two attached hydrogens (primary N) is 1. The molecule has 1 aromatic heterocycles. The van der Waals surface area contributed by atoms with E-state index in [1.165, 1.54) is 6.20 Å². The first kappa shape index (κ1) is 16.0. The van der Waals surface area contributed by atoms with Crippen molar-refractivity contribution < 1.29 is 13.2 Å². The number of carbonyl (C=O) groups excluding carboxylic acids is 1. The van der Waals surface area contributed by atoms with Crippen LogP contribution in [-0.2, 0) is 15.0 Å². The van der Waals surface area contributed by atoms with Gasteiger partial charge in [-0.2, -0.15) is 8.42 Å². The van der Waals surface area contributed by atoms with Gasteiger partial charge >= 0.3 is 10.2 Å². The van der Waals surface area contributed by atoms with E-state index >= 15 is 0 Å². The van der Waals surface area contributed by atoms with Crippen LogP contribution in [0.25, 0.3) is 0 Å². The highest BCUT2D eigenvalue weighted by atomic mass is 32.2. The van der Waals surface area contributed by atoms with Crippen LogP contribution in [0.2, 0.25) is 0 Å². The number of rotatable bonds is 4. The zero-order valence-electron chi connectivity index (χ0n) is 12.3. The van der Waals surface area contributed by atoms with Crippen molar-refractivity contribution in [1.82, 2.24) is 9.71 Å². The molecule has 0 unspecified atom stereocenters. The van der Waals surface area contributed by atoms with E-state index in [0.29, 0.717) is 29.1 Å². The summed E-state index contributed by atoms with van der Waals surface area (Å²) in [5, 5.41) is 2.67. The molecule has 0 saturated heterocycles. The number of carbonyl (C=O) groups is 1. The lowest BCUT2D eigenvalue weighted by molar-refractivity contribution is -0.116. The van der Waals surface area contributed by atoms with Gasteiger partial charge in [-0.15, -0.1) is 4.40 Å². The van der Waals surface area contributed by atoms with Crippen LogP contribution in [0.15, 0.2) is 34.0 Å². The highest BCUT2D eigenvalue weighted by molar-refractivity contribution is 7.88. The third-order valence-corrected chi connectivity index (χ3v) is 4.22. The molecule has 1 amide bonds. The van der Waals surface area contributed by atoms with Gasteiger partial charge in [0.25, 0.3) is 0 Å². The summed E-state index contributed by atoms with van der Waals surface area (Å²) in [6.45, 7) is 3.25. The lowest BCUT2D eigenvalue weighted by Gasteiger charge is -2.17. The van der Waals surface area contributed by atoms with Gasteiger partial charge in [0.15, 0.2) is 0 Å². The summed E-state index contributed by atoms with van der Waals surface area (Å²) in [5.41, 5.74) is 7.70. The van der Waals surface area contributed by atoms with Gasteiger partial charge in [-0.05, 0) is 38.0 Å². The molecule has 0 atom stereocenters. The van der Waals surface area contributed by atoms with E-state index in [4.69, 9.17) is 5.73 Å². The number of aromatic nitrogens is 1. The molecule has 1 aliphatic heterocycles. The van der Waals surface area contributed by atoms with Gasteiger partial charge in [0.05, 0.1) is 11.4 Å². The Bertz CT molecular complexity index is 768. The summed E-state index contributed by atoms with van der Waals surface area (Å²) in [7, 11) is -3.65. The lowest BCUT2D eigenvalue weighted by Crippen LogP contribution is -2.28. The number of nitrogens with zero attached hydrogens (tertiary/aromatic N) is 2. The van der Waals surface area contributed by atoms with Crippen molar-refractivity contribution in [2.75, 3.05) is 11.1 Å². The molecule has 2 rings (SSSR count). The predicted octanol–water partition coefficient (Wildman–Crippen LogP) is 0.965. The minimum Gasteiger partial charge on any atom is -0.382 e. The number of allylic oxidation sites excluding steroid dienone is 2. The van der Waals surface area contributed by atoms with Crippen LogP contribution in [0.1, 0.15) is 26.7 Å². The Morgan fingerprint density at radius 3 is 2.77 bits per heavy atom. The maximum absolute atomic E-state index is 12.0. The topological polar surface area (TPSA) is 127 Å². The quantitative estimate of drug-likeness (QED) is 0.761. The number of nitrogen functional groups attached to an aromatic ring is 1. The number of hydrogen-bond acceptors (Lipinski definition) is 5. The standard InChI is InChI=1S/C13H17N5O3S/c1-8-10(9(2)18-22(20,21)17-8)5-6-12(19)16-11-4-3-7-15-13(11)14/h3-4,7,17H,5-6H2,1-2H3,(H2,14,15)(H,16,19). The molecule has 22 heavy (non-hydrogen) atoms. The van der Waals surface area contributed by atoms with Gasteiger partial charge in [0.1, 0.15) is 5.82 Å². The van der Waals surface area contributed by atoms with Crippen LogP contribution in [0.4, 0.5) is 11.5 Å². The molecule has 1 aliphatic rings. The Morgan fingerprint density at radius 1 is 1.41 bits per heavy atom. The molecule has 0 fully saturated rings. The Balaban J connectivity index is 2.00. The largest absolute Gasteiger partial charge is 0.382 e. The molecule has 0 saturated carbocycles. The van der Waals surface area contributed by atoms with Gasteiger partial charge in [-0.3, -0.25) is 9.52 Å². The first-order valence-electron chi connectivity index (χ1n) is 6.58. The first-order valence-corrected chi connectivity index (χ1v) is 8.02. The fraction of sp³-hybridized carbons (Fsp3) is 0.308. The molecule has 2 heterocycles. The molecule has 0 spiro atoms. The van der Waals surface area contributed by atoms with E-state index in [2.05, 4.69) is 19.4 Å². The average molecular weight is 323 g/mol. The van der Waals surface area contributed by atoms with Crippen LogP contribution >= 0.6 is 0 Å². The van der Waals surface area contributed by atoms with Crippen molar-refractivity contribution >= 4 is 33.3 Å². The van der Waals surface area contributed by atoms with Crippen LogP contribution in [0.5, 0.6) is 0 Å². The number of nitrogens with one attached hydrogen (secondary N) is 2. The molecule has 8 nitrogen and oxygen atoms in total. The van der Waals surface area contributed by atoms with Crippen molar-refractivity contribution in [3.05, 3.63) is 29.6 Å². The number of pyridine rings is 1. The lowest BCUT2D eigenvalue weighted by atomic mass is 10.0. The van der Waals surface area contributed by atoms with E-state index in [-0.39, 0.29) is 18.1 Å². The third kappa shape index (κ3) is 3.82. The number of amides is 1. The second-order valence-electron chi connectivity index (χ2n) is 4.84. The summed E-state index contributed by atoms with van der Waals surface area (Å²) in [6.07, 6.45) is 2.08. The van der Waals surface area contributed by atoms with Crippen molar-refractivity contribution in [3.63, 3.8) is 0 Å². The van der Waals surface area contributed by atoms with Crippen molar-refractivity contribution in [1.29, 1.82) is 0 Å². The number of hydrogen-bond donors (Lipinski definition) is 3. The van der Waals surface area contributed by atoms with Gasteiger partial charge in [-0.1, -0.05) is 0 Å². The Morgan fingerprint density at radius 2 is 2.14 bits per heavy atom. The minimum absolute atomic E-state index is 0.176. The molecule has 1 aromatic rings. The van der Waals surface area contributed by atoms with E-state index in [9.17, 15) is 13.2 Å². The maximum atomic E-state index is 12.0. The second-order valence-corrected chi connectivity index (χ2v) is 6.18. The molecule has 0 aliphatic carbocycles. The third-order valence-electron chi connectivity index (χ3n) is 3.14. The molecular weight excluding hydrogens is 306 g/mol. The van der Waals surface area contributed by atoms with Crippen molar-refractivity contribution in [3.8, 4) is 0 Å². The zero-order valence-corrected chi connectivity index (χ0v) is 13.1. The summed E-state index contributed by atoms with van der Waals surface area (Å²) < 4.78 is 28.7. The Kier molecular flexibility index (Phi) is 4.45. The van der Waals surface area contributed by atoms with Crippen LogP contribution < -0.4 is 15.8 Å². The molecular formula is C13H17N5O3S. The predicted molar refractivity (Wildman–Crippen MR) is 84.4 cm³/mol. The van der Waals surface area contributed by atoms with Crippen LogP contribution in [-0.4, -0.2) is 25.0 Å². The average Bonchev–Trinajstić information content (AvgIpc) is 2.39. The highest BCUT2D eigenvalue weighted by Gasteiger charge is 2.20. The molecule has 9 heteroatoms. The second kappa shape index (κ2) is 6.14. The normalized spacial score (nSPS) is 16.7. The van der Waals surface area contributed by atoms with E-state index in [1.54, 1.807) is 26.0 Å². The molecule has 0 aromatic carbocycles. The summed E-state index contributed by atoms with van der Waals surface area (Å²) in [6, 6.07) is 3.33. The SMILES string of the molecule is CC1=NS(=O)(=O)NC(C)=C1CCC(=O)Nc1cccnc1N. The van der Waals surface area contributed by atoms with Gasteiger partial charge in [0, 0.05) is 18.3 Å². The first-order chi connectivity index (χ1) is 10.3. The van der Waals surface area contributed by atoms with Gasteiger partial charge in [-0.25, -0.2) is 4.98 Å². The monoisotopic (exact) mass is 323 g/mol. The Labute approximate surface area is 128 Å².